The number of rotatable bonds is 6. The van der Waals surface area contributed by atoms with Crippen LogP contribution >= 0.6 is 0 Å². The number of carbonyl (C=O) groups excluding carboxylic acids is 2. The number of hydrogen-bond acceptors (Lipinski definition) is 11. The number of ether oxygens (including phenoxy) is 2. The third kappa shape index (κ3) is 6.86. The smallest absolute Gasteiger partial charge is 0.508 e. The zero-order valence-corrected chi connectivity index (χ0v) is 21.9. The molecule has 0 aromatic heterocycles. The largest absolute Gasteiger partial charge is 2.00 e. The van der Waals surface area contributed by atoms with E-state index in [1.807, 2.05) is 0 Å². The molecule has 0 radical (unpaired) electrons. The Morgan fingerprint density at radius 2 is 0.950 bits per heavy atom. The molecule has 0 bridgehead atoms. The van der Waals surface area contributed by atoms with Gasteiger partial charge in [0.15, 0.2) is 34.5 Å². The van der Waals surface area contributed by atoms with Crippen molar-refractivity contribution in [3.63, 3.8) is 0 Å². The van der Waals surface area contributed by atoms with E-state index in [0.29, 0.717) is 11.1 Å². The predicted octanol–water partition coefficient (Wildman–Crippen LogP) is 3.85. The van der Waals surface area contributed by atoms with Crippen LogP contribution in [0.15, 0.2) is 66.7 Å². The first-order valence-electron chi connectivity index (χ1n) is 11.1. The van der Waals surface area contributed by atoms with E-state index in [1.54, 1.807) is 24.3 Å². The van der Waals surface area contributed by atoms with E-state index in [-0.39, 0.29) is 51.4 Å². The van der Waals surface area contributed by atoms with Crippen molar-refractivity contribution in [3.8, 4) is 51.7 Å². The fourth-order valence-electron chi connectivity index (χ4n) is 3.38. The van der Waals surface area contributed by atoms with E-state index in [2.05, 4.69) is 0 Å². The van der Waals surface area contributed by atoms with Gasteiger partial charge in [-0.1, -0.05) is 24.3 Å². The summed E-state index contributed by atoms with van der Waals surface area (Å²) in [5.74, 6) is -6.18. The van der Waals surface area contributed by atoms with Crippen molar-refractivity contribution in [1.29, 1.82) is 0 Å². The molecule has 40 heavy (non-hydrogen) atoms. The molecule has 12 heteroatoms. The molecular formula is C28H20MgO11+2. The predicted molar refractivity (Wildman–Crippen MR) is 142 cm³/mol. The normalized spacial score (nSPS) is 10.6. The summed E-state index contributed by atoms with van der Waals surface area (Å²) in [5, 5.41) is 67.1. The first-order chi connectivity index (χ1) is 18.5. The molecule has 0 spiro atoms. The van der Waals surface area contributed by atoms with E-state index in [0.717, 1.165) is 24.3 Å². The van der Waals surface area contributed by atoms with E-state index >= 15 is 0 Å². The summed E-state index contributed by atoms with van der Waals surface area (Å²) >= 11 is 0. The number of carbonyl (C=O) groups is 2. The summed E-state index contributed by atoms with van der Waals surface area (Å²) in [6, 6.07) is 14.0. The molecule has 0 amide bonds. The summed E-state index contributed by atoms with van der Waals surface area (Å²) < 4.78 is 10.4. The number of phenols is 7. The summed E-state index contributed by atoms with van der Waals surface area (Å²) in [5.41, 5.74) is 0.720. The zero-order chi connectivity index (χ0) is 28.3. The van der Waals surface area contributed by atoms with Gasteiger partial charge in [-0.3, -0.25) is 0 Å². The Hall–Kier alpha value is -5.07. The average Bonchev–Trinajstić information content (AvgIpc) is 2.89. The number of phenolic OH excluding ortho intramolecular Hbond substituents is 7. The number of esters is 2. The van der Waals surface area contributed by atoms with Crippen LogP contribution in [0.2, 0.25) is 0 Å². The average molecular weight is 557 g/mol. The second kappa shape index (κ2) is 12.2. The van der Waals surface area contributed by atoms with Crippen molar-refractivity contribution >= 4 is 47.1 Å². The van der Waals surface area contributed by atoms with Gasteiger partial charge in [0.25, 0.3) is 0 Å². The molecule has 0 unspecified atom stereocenters. The van der Waals surface area contributed by atoms with Crippen LogP contribution < -0.4 is 9.47 Å². The monoisotopic (exact) mass is 556 g/mol. The van der Waals surface area contributed by atoms with E-state index in [4.69, 9.17) is 9.47 Å². The third-order valence-corrected chi connectivity index (χ3v) is 5.29. The van der Waals surface area contributed by atoms with Gasteiger partial charge < -0.3 is 45.2 Å². The maximum Gasteiger partial charge on any atom is 2.00 e. The molecule has 0 heterocycles. The van der Waals surface area contributed by atoms with Crippen LogP contribution in [-0.4, -0.2) is 70.7 Å². The Balaban J connectivity index is 0.00000441. The Kier molecular flexibility index (Phi) is 8.99. The topological polar surface area (TPSA) is 194 Å². The molecule has 0 saturated carbocycles. The van der Waals surface area contributed by atoms with Crippen molar-refractivity contribution in [1.82, 2.24) is 0 Å². The summed E-state index contributed by atoms with van der Waals surface area (Å²) in [7, 11) is 0. The summed E-state index contributed by atoms with van der Waals surface area (Å²) in [4.78, 5) is 24.7. The molecule has 0 atom stereocenters. The van der Waals surface area contributed by atoms with Crippen LogP contribution in [0, 0.1) is 0 Å². The van der Waals surface area contributed by atoms with Crippen molar-refractivity contribution in [2.45, 2.75) is 0 Å². The summed E-state index contributed by atoms with van der Waals surface area (Å²) in [6.07, 6.45) is 3.27. The molecular weight excluding hydrogens is 537 g/mol. The summed E-state index contributed by atoms with van der Waals surface area (Å²) in [6.45, 7) is 0. The van der Waals surface area contributed by atoms with Crippen molar-refractivity contribution < 1.29 is 54.8 Å². The molecule has 4 aromatic carbocycles. The molecule has 198 valence electrons. The van der Waals surface area contributed by atoms with Crippen molar-refractivity contribution in [2.24, 2.45) is 0 Å². The fraction of sp³-hybridized carbons (Fsp3) is 0. The van der Waals surface area contributed by atoms with Crippen LogP contribution in [-0.2, 0) is 0 Å². The minimum Gasteiger partial charge on any atom is -0.508 e. The number of aromatic hydroxyl groups is 7. The van der Waals surface area contributed by atoms with Crippen LogP contribution in [0.3, 0.4) is 0 Å². The molecule has 4 aromatic rings. The first-order valence-corrected chi connectivity index (χ1v) is 11.1. The van der Waals surface area contributed by atoms with E-state index in [1.165, 1.54) is 30.3 Å². The Morgan fingerprint density at radius 1 is 0.525 bits per heavy atom. The van der Waals surface area contributed by atoms with Gasteiger partial charge in [-0.25, -0.2) is 9.59 Å². The van der Waals surface area contributed by atoms with Crippen molar-refractivity contribution in [3.05, 3.63) is 89.0 Å². The molecule has 0 aliphatic carbocycles. The maximum absolute atomic E-state index is 12.4. The molecule has 11 nitrogen and oxygen atoms in total. The molecule has 0 saturated heterocycles. The fourth-order valence-corrected chi connectivity index (χ4v) is 3.38. The minimum absolute atomic E-state index is 0. The number of benzene rings is 4. The maximum atomic E-state index is 12.4. The number of hydrogen-bond donors (Lipinski definition) is 7. The second-order valence-electron chi connectivity index (χ2n) is 8.17. The van der Waals surface area contributed by atoms with Crippen LogP contribution in [0.4, 0.5) is 0 Å². The Labute approximate surface area is 242 Å². The van der Waals surface area contributed by atoms with Gasteiger partial charge in [-0.05, 0) is 59.7 Å². The van der Waals surface area contributed by atoms with Gasteiger partial charge in [-0.2, -0.15) is 0 Å². The molecule has 4 rings (SSSR count). The minimum atomic E-state index is -0.955. The van der Waals surface area contributed by atoms with Gasteiger partial charge in [0, 0.05) is 6.07 Å². The van der Waals surface area contributed by atoms with Crippen molar-refractivity contribution in [2.75, 3.05) is 0 Å². The zero-order valence-electron chi connectivity index (χ0n) is 20.5. The van der Waals surface area contributed by atoms with Crippen LogP contribution in [0.1, 0.15) is 31.8 Å². The standard InChI is InChI=1S/C28H20O11.Mg/c29-18-7-15(8-20(13-18)39-28(37)17-11-23(32)26(35)24(33)12-17)2-1-14-3-5-19(6-4-14)38-27(36)16-9-21(30)25(34)22(31)10-16;/h1-13,29-35H;/q;+2/b2-1+;. The van der Waals surface area contributed by atoms with Gasteiger partial charge in [0.2, 0.25) is 0 Å². The quantitative estimate of drug-likeness (QED) is 0.0599. The van der Waals surface area contributed by atoms with Gasteiger partial charge in [-0.15, -0.1) is 0 Å². The first kappa shape index (κ1) is 29.5. The Bertz CT molecular complexity index is 1570. The van der Waals surface area contributed by atoms with Gasteiger partial charge >= 0.3 is 35.0 Å². The molecule has 0 fully saturated rings. The van der Waals surface area contributed by atoms with Crippen LogP contribution in [0.5, 0.6) is 51.7 Å². The SMILES string of the molecule is O=C(Oc1ccc(/C=C/c2cc(O)cc(OC(=O)c3cc(O)c(O)c(O)c3)c2)cc1)c1cc(O)c(O)c(O)c1.[Mg+2]. The van der Waals surface area contributed by atoms with Gasteiger partial charge in [0.1, 0.15) is 17.2 Å². The third-order valence-electron chi connectivity index (χ3n) is 5.29. The molecule has 0 aliphatic rings. The molecule has 0 aliphatic heterocycles. The van der Waals surface area contributed by atoms with Crippen LogP contribution in [0.25, 0.3) is 12.2 Å². The second-order valence-corrected chi connectivity index (χ2v) is 8.17. The van der Waals surface area contributed by atoms with E-state index < -0.39 is 46.4 Å². The van der Waals surface area contributed by atoms with Gasteiger partial charge in [0.05, 0.1) is 11.1 Å². The Morgan fingerprint density at radius 3 is 1.43 bits per heavy atom. The molecule has 7 N–H and O–H groups in total. The van der Waals surface area contributed by atoms with E-state index in [9.17, 15) is 45.3 Å².